The Bertz CT molecular complexity index is 772. The minimum absolute atomic E-state index is 0.397. The molecule has 0 unspecified atom stereocenters. The first-order valence-corrected chi connectivity index (χ1v) is 6.92. The molecule has 0 radical (unpaired) electrons. The second-order valence-corrected chi connectivity index (χ2v) is 4.60. The molecule has 0 amide bonds. The molecule has 0 aliphatic heterocycles. The molecular weight excluding hydrogens is 294 g/mol. The van der Waals surface area contributed by atoms with Crippen LogP contribution in [0.1, 0.15) is 0 Å². The summed E-state index contributed by atoms with van der Waals surface area (Å²) in [6, 6.07) is 8.99. The Morgan fingerprint density at radius 2 is 1.35 bits per heavy atom. The van der Waals surface area contributed by atoms with Crippen LogP contribution in [0, 0.1) is 0 Å². The van der Waals surface area contributed by atoms with Crippen molar-refractivity contribution in [3.63, 3.8) is 0 Å². The lowest BCUT2D eigenvalue weighted by Gasteiger charge is -2.11. The Morgan fingerprint density at radius 1 is 0.739 bits per heavy atom. The zero-order valence-corrected chi connectivity index (χ0v) is 12.8. The van der Waals surface area contributed by atoms with Gasteiger partial charge in [-0.05, 0) is 12.1 Å². The zero-order valence-electron chi connectivity index (χ0n) is 12.8. The molecule has 3 aromatic rings. The summed E-state index contributed by atoms with van der Waals surface area (Å²) >= 11 is 0. The molecule has 116 valence electrons. The highest BCUT2D eigenvalue weighted by Crippen LogP contribution is 2.33. The van der Waals surface area contributed by atoms with Crippen LogP contribution in [-0.4, -0.2) is 29.2 Å². The summed E-state index contributed by atoms with van der Waals surface area (Å²) in [5.41, 5.74) is 1.51. The number of nitrogens with zero attached hydrogens (tertiary/aromatic N) is 3. The molecule has 0 bridgehead atoms. The van der Waals surface area contributed by atoms with Crippen LogP contribution in [0.15, 0.2) is 55.1 Å². The summed E-state index contributed by atoms with van der Waals surface area (Å²) in [6.45, 7) is 0. The van der Waals surface area contributed by atoms with Gasteiger partial charge in [-0.2, -0.15) is 0 Å². The van der Waals surface area contributed by atoms with Crippen molar-refractivity contribution in [2.75, 3.05) is 14.2 Å². The van der Waals surface area contributed by atoms with Gasteiger partial charge in [0.05, 0.1) is 14.2 Å². The minimum Gasteiger partial charge on any atom is -0.496 e. The minimum atomic E-state index is 0.397. The fraction of sp³-hybridized carbons (Fsp3) is 0.118. The maximum Gasteiger partial charge on any atom is 0.246 e. The first-order valence-electron chi connectivity index (χ1n) is 6.92. The van der Waals surface area contributed by atoms with E-state index in [1.807, 2.05) is 12.1 Å². The first-order chi connectivity index (χ1) is 11.3. The Balaban J connectivity index is 1.98. The second kappa shape index (κ2) is 6.74. The molecule has 6 nitrogen and oxygen atoms in total. The lowest BCUT2D eigenvalue weighted by molar-refractivity contribution is 0.385. The standard InChI is InChI=1S/C17H15N3O3/c1-21-13-9-14(22-2)11-15(10-13)23-17-16(19-7-8-20-17)12-3-5-18-6-4-12/h3-11H,1-2H3. The van der Waals surface area contributed by atoms with Gasteiger partial charge in [0.25, 0.3) is 0 Å². The van der Waals surface area contributed by atoms with Crippen LogP contribution < -0.4 is 14.2 Å². The number of pyridine rings is 1. The summed E-state index contributed by atoms with van der Waals surface area (Å²) in [4.78, 5) is 12.6. The predicted octanol–water partition coefficient (Wildman–Crippen LogP) is 3.35. The van der Waals surface area contributed by atoms with Crippen LogP contribution in [0.3, 0.4) is 0 Å². The van der Waals surface area contributed by atoms with E-state index in [0.29, 0.717) is 28.8 Å². The van der Waals surface area contributed by atoms with Crippen molar-refractivity contribution in [1.82, 2.24) is 15.0 Å². The van der Waals surface area contributed by atoms with Crippen molar-refractivity contribution in [2.45, 2.75) is 0 Å². The van der Waals surface area contributed by atoms with Crippen LogP contribution in [0.5, 0.6) is 23.1 Å². The van der Waals surface area contributed by atoms with E-state index >= 15 is 0 Å². The van der Waals surface area contributed by atoms with E-state index in [1.165, 1.54) is 0 Å². The molecule has 3 rings (SSSR count). The van der Waals surface area contributed by atoms with Gasteiger partial charge in [-0.3, -0.25) is 4.98 Å². The summed E-state index contributed by atoms with van der Waals surface area (Å²) in [5.74, 6) is 2.22. The zero-order chi connectivity index (χ0) is 16.1. The Kier molecular flexibility index (Phi) is 4.33. The Hall–Kier alpha value is -3.15. The SMILES string of the molecule is COc1cc(OC)cc(Oc2nccnc2-c2ccncc2)c1. The van der Waals surface area contributed by atoms with Crippen LogP contribution in [0.25, 0.3) is 11.3 Å². The molecule has 0 saturated heterocycles. The Morgan fingerprint density at radius 3 is 2.00 bits per heavy atom. The van der Waals surface area contributed by atoms with E-state index in [0.717, 1.165) is 5.56 Å². The number of ether oxygens (including phenoxy) is 3. The Labute approximate surface area is 133 Å². The van der Waals surface area contributed by atoms with Crippen molar-refractivity contribution in [3.8, 4) is 34.4 Å². The van der Waals surface area contributed by atoms with Gasteiger partial charge in [0.15, 0.2) is 0 Å². The molecule has 2 aromatic heterocycles. The number of hydrogen-bond acceptors (Lipinski definition) is 6. The van der Waals surface area contributed by atoms with E-state index in [2.05, 4.69) is 15.0 Å². The molecule has 2 heterocycles. The second-order valence-electron chi connectivity index (χ2n) is 4.60. The highest BCUT2D eigenvalue weighted by Gasteiger charge is 2.11. The number of aromatic nitrogens is 3. The topological polar surface area (TPSA) is 66.4 Å². The van der Waals surface area contributed by atoms with Gasteiger partial charge < -0.3 is 14.2 Å². The van der Waals surface area contributed by atoms with Crippen molar-refractivity contribution >= 4 is 0 Å². The van der Waals surface area contributed by atoms with Crippen molar-refractivity contribution < 1.29 is 14.2 Å². The van der Waals surface area contributed by atoms with Gasteiger partial charge in [-0.1, -0.05) is 0 Å². The van der Waals surface area contributed by atoms with Crippen LogP contribution in [0.2, 0.25) is 0 Å². The lowest BCUT2D eigenvalue weighted by Crippen LogP contribution is -1.95. The maximum absolute atomic E-state index is 5.89. The van der Waals surface area contributed by atoms with E-state index in [1.54, 1.807) is 57.2 Å². The first kappa shape index (κ1) is 14.8. The molecule has 0 N–H and O–H groups in total. The summed E-state index contributed by atoms with van der Waals surface area (Å²) in [6.07, 6.45) is 6.59. The van der Waals surface area contributed by atoms with Crippen molar-refractivity contribution in [1.29, 1.82) is 0 Å². The van der Waals surface area contributed by atoms with E-state index in [-0.39, 0.29) is 0 Å². The average Bonchev–Trinajstić information content (AvgIpc) is 2.62. The number of hydrogen-bond donors (Lipinski definition) is 0. The highest BCUT2D eigenvalue weighted by atomic mass is 16.5. The van der Waals surface area contributed by atoms with E-state index in [9.17, 15) is 0 Å². The number of methoxy groups -OCH3 is 2. The molecular formula is C17H15N3O3. The molecule has 0 fully saturated rings. The quantitative estimate of drug-likeness (QED) is 0.720. The van der Waals surface area contributed by atoms with Crippen LogP contribution in [-0.2, 0) is 0 Å². The fourth-order valence-corrected chi connectivity index (χ4v) is 2.06. The third kappa shape index (κ3) is 3.37. The number of rotatable bonds is 5. The lowest BCUT2D eigenvalue weighted by atomic mass is 10.2. The third-order valence-corrected chi connectivity index (χ3v) is 3.16. The van der Waals surface area contributed by atoms with Crippen LogP contribution >= 0.6 is 0 Å². The van der Waals surface area contributed by atoms with Crippen molar-refractivity contribution in [3.05, 3.63) is 55.1 Å². The van der Waals surface area contributed by atoms with Gasteiger partial charge in [-0.25, -0.2) is 9.97 Å². The molecule has 0 aliphatic rings. The smallest absolute Gasteiger partial charge is 0.246 e. The van der Waals surface area contributed by atoms with Gasteiger partial charge in [0.1, 0.15) is 22.9 Å². The molecule has 0 atom stereocenters. The molecule has 0 aliphatic carbocycles. The molecule has 23 heavy (non-hydrogen) atoms. The summed E-state index contributed by atoms with van der Waals surface area (Å²) in [7, 11) is 3.17. The number of benzene rings is 1. The van der Waals surface area contributed by atoms with Gasteiger partial charge in [0.2, 0.25) is 5.88 Å². The molecule has 0 saturated carbocycles. The third-order valence-electron chi connectivity index (χ3n) is 3.16. The monoisotopic (exact) mass is 309 g/mol. The maximum atomic E-state index is 5.89. The van der Waals surface area contributed by atoms with Gasteiger partial charge in [-0.15, -0.1) is 0 Å². The largest absolute Gasteiger partial charge is 0.496 e. The molecule has 1 aromatic carbocycles. The van der Waals surface area contributed by atoms with Gasteiger partial charge >= 0.3 is 0 Å². The highest BCUT2D eigenvalue weighted by molar-refractivity contribution is 5.64. The molecule has 0 spiro atoms. The van der Waals surface area contributed by atoms with Crippen molar-refractivity contribution in [2.24, 2.45) is 0 Å². The van der Waals surface area contributed by atoms with Gasteiger partial charge in [0, 0.05) is 48.5 Å². The van der Waals surface area contributed by atoms with Crippen LogP contribution in [0.4, 0.5) is 0 Å². The summed E-state index contributed by atoms with van der Waals surface area (Å²) in [5, 5.41) is 0. The fourth-order valence-electron chi connectivity index (χ4n) is 2.06. The molecule has 6 heteroatoms. The average molecular weight is 309 g/mol. The van der Waals surface area contributed by atoms with E-state index < -0.39 is 0 Å². The predicted molar refractivity (Wildman–Crippen MR) is 84.9 cm³/mol. The summed E-state index contributed by atoms with van der Waals surface area (Å²) < 4.78 is 16.4. The van der Waals surface area contributed by atoms with E-state index in [4.69, 9.17) is 14.2 Å². The normalized spacial score (nSPS) is 10.2.